The van der Waals surface area contributed by atoms with Crippen LogP contribution in [0.15, 0.2) is 23.3 Å². The van der Waals surface area contributed by atoms with Crippen molar-refractivity contribution in [2.75, 3.05) is 26.4 Å². The van der Waals surface area contributed by atoms with Crippen molar-refractivity contribution in [3.63, 3.8) is 0 Å². The molecule has 0 bridgehead atoms. The van der Waals surface area contributed by atoms with Gasteiger partial charge in [-0.15, -0.1) is 0 Å². The average Bonchev–Trinajstić information content (AvgIpc) is 3.58. The van der Waals surface area contributed by atoms with E-state index in [1.807, 2.05) is 20.8 Å². The first-order chi connectivity index (χ1) is 35.5. The standard InChI is InChI=1S/C53H84O23/c1-9-22(2)44(69)76-42-41(66)53(21-57)24(16-48(42,3)4)23-10-11-28-49(5)14-13-30(50(6,20-56)27(49)12-15-51(28,7)52(23,8)17-29(53)58)72-47-39(74-46-36(64)34(62)32(60)26(19-55)71-46)37(65)38(40(75-47)43(67)68)73-45-35(63)33(61)31(59)25(18-54)70-45/h9-10,24-42,45-47,54-66H,11-21H2,1-8H3,(H,67,68)/b22-9+/t24-,25+,26+,27?,28?,29+,30-,31+,32+,33-,34-,35+,36+,37-,38-,39+,40?,41-,42-,45-,46-,47+,49-,50+,51+,52+,53-/m0/s1. The van der Waals surface area contributed by atoms with Gasteiger partial charge < -0.3 is 105 Å². The molecule has 434 valence electrons. The molecule has 23 nitrogen and oxygen atoms in total. The number of carboxylic acids is 1. The van der Waals surface area contributed by atoms with Crippen LogP contribution in [0.1, 0.15) is 100 Å². The van der Waals surface area contributed by atoms with Crippen molar-refractivity contribution in [2.45, 2.75) is 217 Å². The van der Waals surface area contributed by atoms with E-state index in [2.05, 4.69) is 26.8 Å². The van der Waals surface area contributed by atoms with E-state index in [-0.39, 0.29) is 24.7 Å². The maximum absolute atomic E-state index is 13.2. The van der Waals surface area contributed by atoms with Crippen LogP contribution < -0.4 is 0 Å². The van der Waals surface area contributed by atoms with Crippen LogP contribution >= 0.6 is 0 Å². The molecule has 0 amide bonds. The Bertz CT molecular complexity index is 2170. The molecule has 0 aromatic heterocycles. The lowest BCUT2D eigenvalue weighted by atomic mass is 9.33. The molecule has 0 radical (unpaired) electrons. The first-order valence-electron chi connectivity index (χ1n) is 26.8. The zero-order valence-corrected chi connectivity index (χ0v) is 44.6. The molecule has 3 saturated heterocycles. The summed E-state index contributed by atoms with van der Waals surface area (Å²) in [5.74, 6) is -3.12. The van der Waals surface area contributed by atoms with E-state index in [0.717, 1.165) is 5.57 Å². The number of aliphatic hydroxyl groups is 13. The van der Waals surface area contributed by atoms with Gasteiger partial charge in [0.25, 0.3) is 0 Å². The summed E-state index contributed by atoms with van der Waals surface area (Å²) in [5, 5.41) is 155. The fourth-order valence-corrected chi connectivity index (χ4v) is 15.9. The molecule has 8 aliphatic rings. The lowest BCUT2D eigenvalue weighted by molar-refractivity contribution is -0.392. The maximum Gasteiger partial charge on any atom is 0.335 e. The molecule has 3 unspecified atom stereocenters. The van der Waals surface area contributed by atoms with Crippen molar-refractivity contribution < 1.29 is 114 Å². The fraction of sp³-hybridized carbons (Fsp3) is 0.887. The van der Waals surface area contributed by atoms with Crippen molar-refractivity contribution in [3.05, 3.63) is 23.3 Å². The highest BCUT2D eigenvalue weighted by atomic mass is 16.8. The van der Waals surface area contributed by atoms with Crippen molar-refractivity contribution in [1.29, 1.82) is 0 Å². The molecule has 27 atom stereocenters. The Morgan fingerprint density at radius 2 is 1.26 bits per heavy atom. The highest BCUT2D eigenvalue weighted by Gasteiger charge is 2.73. The van der Waals surface area contributed by atoms with Gasteiger partial charge in [-0.2, -0.15) is 0 Å². The lowest BCUT2D eigenvalue weighted by Crippen LogP contribution is -2.72. The monoisotopic (exact) mass is 1090 g/mol. The van der Waals surface area contributed by atoms with E-state index in [1.165, 1.54) is 0 Å². The van der Waals surface area contributed by atoms with Gasteiger partial charge in [0.05, 0.1) is 44.1 Å². The highest BCUT2D eigenvalue weighted by molar-refractivity contribution is 5.87. The Morgan fingerprint density at radius 1 is 0.684 bits per heavy atom. The quantitative estimate of drug-likeness (QED) is 0.0415. The molecule has 4 saturated carbocycles. The second-order valence-electron chi connectivity index (χ2n) is 24.9. The number of hydrogen-bond acceptors (Lipinski definition) is 22. The smallest absolute Gasteiger partial charge is 0.335 e. The minimum Gasteiger partial charge on any atom is -0.479 e. The summed E-state index contributed by atoms with van der Waals surface area (Å²) in [6, 6.07) is 0. The summed E-state index contributed by atoms with van der Waals surface area (Å²) >= 11 is 0. The Kier molecular flexibility index (Phi) is 16.9. The number of aliphatic hydroxyl groups excluding tert-OH is 13. The molecule has 14 N–H and O–H groups in total. The zero-order valence-electron chi connectivity index (χ0n) is 44.6. The minimum atomic E-state index is -2.16. The summed E-state index contributed by atoms with van der Waals surface area (Å²) in [7, 11) is 0. The summed E-state index contributed by atoms with van der Waals surface area (Å²) in [4.78, 5) is 26.2. The molecule has 0 aromatic carbocycles. The van der Waals surface area contributed by atoms with Gasteiger partial charge >= 0.3 is 11.9 Å². The van der Waals surface area contributed by atoms with Gasteiger partial charge in [-0.25, -0.2) is 9.59 Å². The van der Waals surface area contributed by atoms with E-state index in [4.69, 9.17) is 33.2 Å². The van der Waals surface area contributed by atoms with Crippen molar-refractivity contribution >= 4 is 11.9 Å². The number of carboxylic acid groups (broad SMARTS) is 1. The molecular formula is C53H84O23. The third-order valence-electron chi connectivity index (χ3n) is 20.8. The summed E-state index contributed by atoms with van der Waals surface area (Å²) in [5.41, 5.74) is -3.57. The van der Waals surface area contributed by atoms with Gasteiger partial charge in [0.2, 0.25) is 0 Å². The van der Waals surface area contributed by atoms with Gasteiger partial charge in [-0.1, -0.05) is 59.3 Å². The molecule has 76 heavy (non-hydrogen) atoms. The van der Waals surface area contributed by atoms with Crippen LogP contribution in [-0.4, -0.2) is 226 Å². The normalized spacial score (nSPS) is 52.3. The fourth-order valence-electron chi connectivity index (χ4n) is 15.9. The molecule has 8 rings (SSSR count). The van der Waals surface area contributed by atoms with E-state index in [1.54, 1.807) is 19.9 Å². The molecule has 3 aliphatic heterocycles. The van der Waals surface area contributed by atoms with Crippen molar-refractivity contribution in [1.82, 2.24) is 0 Å². The Hall–Kier alpha value is -2.34. The lowest BCUT2D eigenvalue weighted by Gasteiger charge is -2.72. The highest BCUT2D eigenvalue weighted by Crippen LogP contribution is 2.76. The summed E-state index contributed by atoms with van der Waals surface area (Å²) in [6.45, 7) is 12.9. The first kappa shape index (κ1) is 59.8. The molecule has 5 aliphatic carbocycles. The second-order valence-corrected chi connectivity index (χ2v) is 24.9. The number of rotatable bonds is 13. The van der Waals surface area contributed by atoms with Crippen LogP contribution in [0.3, 0.4) is 0 Å². The second kappa shape index (κ2) is 21.5. The predicted octanol–water partition coefficient (Wildman–Crippen LogP) is -1.89. The zero-order chi connectivity index (χ0) is 56.2. The number of allylic oxidation sites excluding steroid dienone is 3. The first-order valence-corrected chi connectivity index (χ1v) is 26.8. The van der Waals surface area contributed by atoms with Gasteiger partial charge in [0, 0.05) is 16.4 Å². The number of hydrogen-bond donors (Lipinski definition) is 14. The Balaban J connectivity index is 1.10. The molecular weight excluding hydrogens is 1000 g/mol. The van der Waals surface area contributed by atoms with Gasteiger partial charge in [0.1, 0.15) is 79.4 Å². The van der Waals surface area contributed by atoms with Crippen LogP contribution in [0.5, 0.6) is 0 Å². The Labute approximate surface area is 442 Å². The summed E-state index contributed by atoms with van der Waals surface area (Å²) in [6.07, 6.45) is -26.3. The largest absolute Gasteiger partial charge is 0.479 e. The molecule has 7 fully saturated rings. The average molecular weight is 1090 g/mol. The van der Waals surface area contributed by atoms with Crippen LogP contribution in [0.25, 0.3) is 0 Å². The van der Waals surface area contributed by atoms with E-state index in [0.29, 0.717) is 37.7 Å². The SMILES string of the molecule is C/C=C(\C)C(=O)O[C@H]1[C@H](O)[C@]2(CO)[C@H](O)C[C@]3(C)C(=CCC4[C@@]5(C)CC[C@H](O[C@@H]6OC(C(=O)O)[C@@H](O[C@@H]7O[C@H](CO)[C@@H](O)[C@H](O)[C@H]7O)[C@H](O)[C@H]6O[C@@H]6O[C@H](CO)[C@@H](O)[C@H](O)[C@H]6O)[C@](C)(CO)C5CC[C@]43C)[C@@H]2CC1(C)C. The van der Waals surface area contributed by atoms with Gasteiger partial charge in [0.15, 0.2) is 25.0 Å². The number of aliphatic carboxylic acids is 1. The summed E-state index contributed by atoms with van der Waals surface area (Å²) < 4.78 is 41.9. The van der Waals surface area contributed by atoms with E-state index in [9.17, 15) is 81.1 Å². The molecule has 3 heterocycles. The number of fused-ring (bicyclic) bond motifs is 7. The molecule has 0 aromatic rings. The van der Waals surface area contributed by atoms with Gasteiger partial charge in [-0.3, -0.25) is 0 Å². The minimum absolute atomic E-state index is 0.0566. The number of carbonyl (C=O) groups excluding carboxylic acids is 1. The van der Waals surface area contributed by atoms with E-state index >= 15 is 0 Å². The number of esters is 1. The van der Waals surface area contributed by atoms with Crippen LogP contribution in [-0.2, 0) is 42.7 Å². The van der Waals surface area contributed by atoms with E-state index < -0.39 is 193 Å². The topological polar surface area (TPSA) is 382 Å². The van der Waals surface area contributed by atoms with Crippen LogP contribution in [0.4, 0.5) is 0 Å². The third-order valence-corrected chi connectivity index (χ3v) is 20.8. The maximum atomic E-state index is 13.2. The Morgan fingerprint density at radius 3 is 1.79 bits per heavy atom. The van der Waals surface area contributed by atoms with Gasteiger partial charge in [-0.05, 0) is 92.8 Å². The molecule has 0 spiro atoms. The molecule has 23 heteroatoms. The van der Waals surface area contributed by atoms with Crippen LogP contribution in [0.2, 0.25) is 0 Å². The van der Waals surface area contributed by atoms with Crippen LogP contribution in [0, 0.1) is 50.2 Å². The predicted molar refractivity (Wildman–Crippen MR) is 259 cm³/mol. The number of carbonyl (C=O) groups is 2. The number of ether oxygens (including phenoxy) is 7. The third kappa shape index (κ3) is 9.16. The van der Waals surface area contributed by atoms with Crippen molar-refractivity contribution in [3.8, 4) is 0 Å². The van der Waals surface area contributed by atoms with Crippen molar-refractivity contribution in [2.24, 2.45) is 50.2 Å².